The molecule has 170 valence electrons. The zero-order valence-electron chi connectivity index (χ0n) is 18.4. The maximum absolute atomic E-state index is 11.5. The molecule has 4 aliphatic rings. The maximum Gasteiger partial charge on any atom is 0.166 e. The molecule has 1 heterocycles. The van der Waals surface area contributed by atoms with Gasteiger partial charge in [0, 0.05) is 29.3 Å². The quantitative estimate of drug-likeness (QED) is 0.342. The number of nitrogens with zero attached hydrogens (tertiary/aromatic N) is 2. The van der Waals surface area contributed by atoms with Gasteiger partial charge in [0.05, 0.1) is 11.0 Å². The van der Waals surface area contributed by atoms with E-state index < -0.39 is 5.23 Å². The van der Waals surface area contributed by atoms with E-state index in [9.17, 15) is 15.5 Å². The first-order chi connectivity index (χ1) is 16.0. The Morgan fingerprint density at radius 2 is 1.64 bits per heavy atom. The van der Waals surface area contributed by atoms with Crippen molar-refractivity contribution in [3.8, 4) is 0 Å². The Hall–Kier alpha value is -3.00. The van der Waals surface area contributed by atoms with Gasteiger partial charge in [0.25, 0.3) is 0 Å². The predicted molar refractivity (Wildman–Crippen MR) is 127 cm³/mol. The van der Waals surface area contributed by atoms with E-state index in [-0.39, 0.29) is 17.0 Å². The molecule has 1 unspecified atom stereocenters. The van der Waals surface area contributed by atoms with Crippen molar-refractivity contribution in [2.24, 2.45) is 17.8 Å². The van der Waals surface area contributed by atoms with Gasteiger partial charge in [-0.25, -0.2) is 15.2 Å². The predicted octanol–water partition coefficient (Wildman–Crippen LogP) is 4.47. The second kappa shape index (κ2) is 7.80. The average Bonchev–Trinajstić information content (AvgIpc) is 2.78. The first-order valence-electron chi connectivity index (χ1n) is 11.8. The van der Waals surface area contributed by atoms with Crippen LogP contribution in [0.5, 0.6) is 0 Å². The van der Waals surface area contributed by atoms with Crippen LogP contribution in [-0.4, -0.2) is 25.8 Å². The van der Waals surface area contributed by atoms with Crippen LogP contribution in [0.2, 0.25) is 0 Å². The Labute approximate surface area is 192 Å². The highest BCUT2D eigenvalue weighted by Crippen LogP contribution is 2.56. The standard InChI is InChI=1S/C26H28N4O3/c31-24(19-4-2-1-3-5-19)12-23-25(28-22-11-20(30(32)33)6-7-21(22)27-23)29-26-13-16-8-17(14-26)10-18(9-16)15-26/h1-7,11-12,16-18,30-32H,8-10,13-15H2,(H,28,29)/b24-12+. The van der Waals surface area contributed by atoms with Crippen LogP contribution in [-0.2, 0) is 0 Å². The van der Waals surface area contributed by atoms with Crippen LogP contribution in [0, 0.1) is 23.0 Å². The highest BCUT2D eigenvalue weighted by molar-refractivity contribution is 5.85. The van der Waals surface area contributed by atoms with Crippen molar-refractivity contribution < 1.29 is 15.5 Å². The third kappa shape index (κ3) is 3.86. The van der Waals surface area contributed by atoms with Gasteiger partial charge in [-0.1, -0.05) is 30.3 Å². The number of aliphatic hydroxyl groups excluding tert-OH is 1. The third-order valence-corrected chi connectivity index (χ3v) is 7.70. The van der Waals surface area contributed by atoms with Crippen LogP contribution in [0.3, 0.4) is 0 Å². The highest BCUT2D eigenvalue weighted by Gasteiger charge is 2.51. The lowest BCUT2D eigenvalue weighted by molar-refractivity contribution is -0.991. The topological polar surface area (TPSA) is 106 Å². The molecule has 4 aliphatic carbocycles. The summed E-state index contributed by atoms with van der Waals surface area (Å²) in [5, 5.41) is 34.5. The molecule has 4 bridgehead atoms. The van der Waals surface area contributed by atoms with Crippen LogP contribution in [0.25, 0.3) is 22.9 Å². The molecule has 4 N–H and O–H groups in total. The molecule has 0 spiro atoms. The number of hydrogen-bond acceptors (Lipinski definition) is 6. The van der Waals surface area contributed by atoms with Crippen molar-refractivity contribution in [2.45, 2.75) is 44.1 Å². The molecular weight excluding hydrogens is 416 g/mol. The molecule has 0 amide bonds. The number of benzene rings is 2. The van der Waals surface area contributed by atoms with Crippen molar-refractivity contribution in [3.05, 3.63) is 65.0 Å². The van der Waals surface area contributed by atoms with Crippen LogP contribution in [0.15, 0.2) is 48.5 Å². The molecule has 0 aliphatic heterocycles. The summed E-state index contributed by atoms with van der Waals surface area (Å²) in [5.41, 5.74) is 2.62. The van der Waals surface area contributed by atoms with E-state index in [1.165, 1.54) is 25.3 Å². The van der Waals surface area contributed by atoms with E-state index in [1.807, 2.05) is 30.3 Å². The summed E-state index contributed by atoms with van der Waals surface area (Å²) >= 11 is 0. The van der Waals surface area contributed by atoms with Crippen molar-refractivity contribution in [3.63, 3.8) is 0 Å². The maximum atomic E-state index is 11.5. The van der Waals surface area contributed by atoms with Crippen molar-refractivity contribution >= 4 is 34.4 Å². The van der Waals surface area contributed by atoms with E-state index in [2.05, 4.69) is 5.32 Å². The lowest BCUT2D eigenvalue weighted by Crippen LogP contribution is -2.99. The summed E-state index contributed by atoms with van der Waals surface area (Å²) in [6.07, 6.45) is 9.11. The van der Waals surface area contributed by atoms with Crippen molar-refractivity contribution in [1.82, 2.24) is 9.97 Å². The van der Waals surface area contributed by atoms with Crippen LogP contribution in [0.4, 0.5) is 11.5 Å². The molecule has 33 heavy (non-hydrogen) atoms. The second-order valence-corrected chi connectivity index (χ2v) is 10.2. The number of rotatable bonds is 5. The van der Waals surface area contributed by atoms with E-state index >= 15 is 0 Å². The normalized spacial score (nSPS) is 29.4. The molecule has 4 saturated carbocycles. The van der Waals surface area contributed by atoms with Crippen LogP contribution < -0.4 is 10.5 Å². The van der Waals surface area contributed by atoms with Gasteiger partial charge in [-0.15, -0.1) is 0 Å². The highest BCUT2D eigenvalue weighted by atomic mass is 16.8. The molecule has 4 fully saturated rings. The monoisotopic (exact) mass is 444 g/mol. The summed E-state index contributed by atoms with van der Waals surface area (Å²) in [7, 11) is 0. The van der Waals surface area contributed by atoms with E-state index in [0.717, 1.165) is 37.0 Å². The molecule has 7 rings (SSSR count). The third-order valence-electron chi connectivity index (χ3n) is 7.70. The molecular formula is C26H28N4O3. The second-order valence-electron chi connectivity index (χ2n) is 10.2. The number of aliphatic hydroxyl groups is 1. The molecule has 0 radical (unpaired) electrons. The molecule has 2 aromatic carbocycles. The summed E-state index contributed by atoms with van der Waals surface area (Å²) in [6.45, 7) is 0. The minimum Gasteiger partial charge on any atom is -0.595 e. The zero-order valence-corrected chi connectivity index (χ0v) is 18.4. The number of hydrogen-bond donors (Lipinski definition) is 4. The number of anilines is 1. The summed E-state index contributed by atoms with van der Waals surface area (Å²) in [5.74, 6) is 3.06. The Morgan fingerprint density at radius 3 is 2.27 bits per heavy atom. The van der Waals surface area contributed by atoms with Crippen LogP contribution in [0.1, 0.15) is 49.8 Å². The van der Waals surface area contributed by atoms with E-state index in [4.69, 9.17) is 9.97 Å². The Kier molecular flexibility index (Phi) is 4.87. The molecule has 1 atom stereocenters. The Bertz CT molecular complexity index is 1190. The van der Waals surface area contributed by atoms with Gasteiger partial charge >= 0.3 is 0 Å². The molecule has 1 aromatic heterocycles. The van der Waals surface area contributed by atoms with Gasteiger partial charge in [-0.05, 0) is 62.3 Å². The Balaban J connectivity index is 1.44. The van der Waals surface area contributed by atoms with Gasteiger partial charge < -0.3 is 15.6 Å². The van der Waals surface area contributed by atoms with E-state index in [0.29, 0.717) is 28.1 Å². The molecule has 7 heteroatoms. The average molecular weight is 445 g/mol. The lowest BCUT2D eigenvalue weighted by Gasteiger charge is -2.57. The fourth-order valence-corrected chi connectivity index (χ4v) is 6.73. The summed E-state index contributed by atoms with van der Waals surface area (Å²) in [6, 6.07) is 14.2. The van der Waals surface area contributed by atoms with E-state index in [1.54, 1.807) is 18.2 Å². The number of quaternary nitrogens is 1. The minimum absolute atomic E-state index is 0.00642. The van der Waals surface area contributed by atoms with Crippen molar-refractivity contribution in [1.29, 1.82) is 0 Å². The van der Waals surface area contributed by atoms with Crippen molar-refractivity contribution in [2.75, 3.05) is 5.32 Å². The number of aromatic nitrogens is 2. The largest absolute Gasteiger partial charge is 0.595 e. The van der Waals surface area contributed by atoms with Gasteiger partial charge in [0.2, 0.25) is 0 Å². The summed E-state index contributed by atoms with van der Waals surface area (Å²) in [4.78, 5) is 9.63. The molecule has 0 saturated heterocycles. The first-order valence-corrected chi connectivity index (χ1v) is 11.8. The minimum atomic E-state index is -0.986. The fraction of sp³-hybridized carbons (Fsp3) is 0.385. The number of nitrogens with one attached hydrogen (secondary N) is 2. The van der Waals surface area contributed by atoms with Crippen LogP contribution >= 0.6 is 0 Å². The number of fused-ring (bicyclic) bond motifs is 1. The summed E-state index contributed by atoms with van der Waals surface area (Å²) < 4.78 is 0. The van der Waals surface area contributed by atoms with Gasteiger partial charge in [0.15, 0.2) is 11.5 Å². The lowest BCUT2D eigenvalue weighted by atomic mass is 9.53. The molecule has 3 aromatic rings. The fourth-order valence-electron chi connectivity index (χ4n) is 6.73. The van der Waals surface area contributed by atoms with Gasteiger partial charge in [-0.2, -0.15) is 5.23 Å². The smallest absolute Gasteiger partial charge is 0.166 e. The molecule has 7 nitrogen and oxygen atoms in total. The SMILES string of the molecule is [O-][NH+](O)c1ccc2nc(/C=C(/O)c3ccccc3)c(NC34CC5CC(CC(C5)C3)C4)nc2c1. The zero-order chi connectivity index (χ0) is 22.6. The first kappa shape index (κ1) is 20.6. The Morgan fingerprint density at radius 1 is 0.970 bits per heavy atom. The van der Waals surface area contributed by atoms with Gasteiger partial charge in [-0.3, -0.25) is 0 Å². The van der Waals surface area contributed by atoms with Gasteiger partial charge in [0.1, 0.15) is 11.5 Å².